The molecule has 1 N–H and O–H groups in total. The van der Waals surface area contributed by atoms with Gasteiger partial charge in [-0.3, -0.25) is 14.9 Å². The predicted molar refractivity (Wildman–Crippen MR) is 130 cm³/mol. The number of carbonyl (C=O) groups is 3. The first-order valence-corrected chi connectivity index (χ1v) is 11.7. The van der Waals surface area contributed by atoms with E-state index < -0.39 is 23.3 Å². The molecule has 2 fully saturated rings. The third-order valence-corrected chi connectivity index (χ3v) is 7.64. The average Bonchev–Trinajstić information content (AvgIpc) is 2.88. The zero-order valence-corrected chi connectivity index (χ0v) is 18.7. The van der Waals surface area contributed by atoms with Gasteiger partial charge in [-0.2, -0.15) is 0 Å². The van der Waals surface area contributed by atoms with Gasteiger partial charge >= 0.3 is 6.03 Å². The molecule has 3 aromatic carbocycles. The number of amides is 4. The molecular weight excluding hydrogens is 426 g/mol. The number of rotatable bonds is 2. The van der Waals surface area contributed by atoms with E-state index in [1.807, 2.05) is 42.5 Å². The van der Waals surface area contributed by atoms with Crippen molar-refractivity contribution >= 4 is 29.2 Å². The number of imide groups is 2. The van der Waals surface area contributed by atoms with E-state index >= 15 is 0 Å². The van der Waals surface area contributed by atoms with Crippen LogP contribution in [0.5, 0.6) is 0 Å². The number of hydrogen-bond acceptors (Lipinski definition) is 4. The lowest BCUT2D eigenvalue weighted by Gasteiger charge is -2.55. The molecule has 4 amide bonds. The number of piperidine rings is 1. The Morgan fingerprint density at radius 2 is 1.50 bits per heavy atom. The van der Waals surface area contributed by atoms with E-state index in [0.29, 0.717) is 12.1 Å². The number of para-hydroxylation sites is 2. The molecule has 3 unspecified atom stereocenters. The van der Waals surface area contributed by atoms with E-state index in [1.165, 1.54) is 5.56 Å². The van der Waals surface area contributed by atoms with Gasteiger partial charge in [0.25, 0.3) is 5.91 Å². The summed E-state index contributed by atoms with van der Waals surface area (Å²) < 4.78 is 0. The number of hydrogen-bond donors (Lipinski definition) is 1. The molecule has 0 saturated carbocycles. The highest BCUT2D eigenvalue weighted by Gasteiger charge is 2.63. The van der Waals surface area contributed by atoms with Crippen LogP contribution in [-0.4, -0.2) is 30.4 Å². The number of nitrogens with one attached hydrogen (secondary N) is 1. The SMILES string of the molecule is O=C1NC(=O)C2(Cc3ccccc3N3CCC(c4ccccc4)CC32)C(=O)N1c1ccccc1. The van der Waals surface area contributed by atoms with Gasteiger partial charge in [0.05, 0.1) is 11.7 Å². The van der Waals surface area contributed by atoms with E-state index in [0.717, 1.165) is 29.1 Å². The van der Waals surface area contributed by atoms with Crippen LogP contribution in [-0.2, 0) is 16.0 Å². The minimum atomic E-state index is -1.38. The van der Waals surface area contributed by atoms with E-state index in [4.69, 9.17) is 0 Å². The van der Waals surface area contributed by atoms with E-state index in [1.54, 1.807) is 24.3 Å². The molecule has 0 aliphatic carbocycles. The van der Waals surface area contributed by atoms with Crippen LogP contribution in [0, 0.1) is 5.41 Å². The molecule has 3 aliphatic rings. The Morgan fingerprint density at radius 3 is 2.26 bits per heavy atom. The summed E-state index contributed by atoms with van der Waals surface area (Å²) in [6.07, 6.45) is 1.86. The van der Waals surface area contributed by atoms with Gasteiger partial charge in [-0.05, 0) is 54.5 Å². The number of carbonyl (C=O) groups excluding carboxylic acids is 3. The van der Waals surface area contributed by atoms with Crippen molar-refractivity contribution in [2.45, 2.75) is 31.2 Å². The van der Waals surface area contributed by atoms with Gasteiger partial charge in [0.15, 0.2) is 5.41 Å². The second kappa shape index (κ2) is 7.83. The molecule has 0 aromatic heterocycles. The summed E-state index contributed by atoms with van der Waals surface area (Å²) >= 11 is 0. The average molecular weight is 452 g/mol. The molecule has 2 saturated heterocycles. The Hall–Kier alpha value is -3.93. The van der Waals surface area contributed by atoms with Crippen molar-refractivity contribution in [3.8, 4) is 0 Å². The quantitative estimate of drug-likeness (QED) is 0.591. The van der Waals surface area contributed by atoms with E-state index in [-0.39, 0.29) is 18.4 Å². The molecule has 6 heteroatoms. The topological polar surface area (TPSA) is 69.7 Å². The van der Waals surface area contributed by atoms with Crippen LogP contribution < -0.4 is 15.1 Å². The number of anilines is 2. The van der Waals surface area contributed by atoms with Crippen molar-refractivity contribution in [1.29, 1.82) is 0 Å². The summed E-state index contributed by atoms with van der Waals surface area (Å²) in [4.78, 5) is 44.2. The Kier molecular flexibility index (Phi) is 4.76. The standard InChI is InChI=1S/C28H25N3O3/c32-25-28(26(33)31(27(34)29-25)22-12-5-2-6-13-22)18-21-11-7-8-14-23(21)30-16-15-20(17-24(28)30)19-9-3-1-4-10-19/h1-14,20,24H,15-18H2,(H,29,32,34). The van der Waals surface area contributed by atoms with Crippen LogP contribution in [0.1, 0.15) is 29.9 Å². The van der Waals surface area contributed by atoms with Crippen molar-refractivity contribution in [2.24, 2.45) is 5.41 Å². The normalized spacial score (nSPS) is 26.2. The lowest BCUT2D eigenvalue weighted by molar-refractivity contribution is -0.145. The fraction of sp³-hybridized carbons (Fsp3) is 0.250. The minimum Gasteiger partial charge on any atom is -0.367 e. The molecule has 3 heterocycles. The van der Waals surface area contributed by atoms with Crippen molar-refractivity contribution < 1.29 is 14.4 Å². The van der Waals surface area contributed by atoms with Gasteiger partial charge in [-0.1, -0.05) is 66.7 Å². The van der Waals surface area contributed by atoms with Crippen LogP contribution in [0.3, 0.4) is 0 Å². The molecule has 3 aliphatic heterocycles. The molecule has 6 rings (SSSR count). The lowest BCUT2D eigenvalue weighted by Crippen LogP contribution is -2.73. The van der Waals surface area contributed by atoms with E-state index in [2.05, 4.69) is 28.4 Å². The zero-order chi connectivity index (χ0) is 23.3. The molecule has 34 heavy (non-hydrogen) atoms. The smallest absolute Gasteiger partial charge is 0.335 e. The summed E-state index contributed by atoms with van der Waals surface area (Å²) in [6, 6.07) is 26.1. The molecule has 3 atom stereocenters. The third-order valence-electron chi connectivity index (χ3n) is 7.64. The van der Waals surface area contributed by atoms with Gasteiger partial charge in [0.1, 0.15) is 0 Å². The second-order valence-electron chi connectivity index (χ2n) is 9.35. The summed E-state index contributed by atoms with van der Waals surface area (Å²) in [5.74, 6) is -0.702. The Labute approximate surface area is 198 Å². The minimum absolute atomic E-state index is 0.230. The Balaban J connectivity index is 1.49. The largest absolute Gasteiger partial charge is 0.367 e. The zero-order valence-electron chi connectivity index (χ0n) is 18.7. The van der Waals surface area contributed by atoms with Crippen molar-refractivity contribution in [2.75, 3.05) is 16.3 Å². The molecule has 0 radical (unpaired) electrons. The Bertz CT molecular complexity index is 1280. The fourth-order valence-electron chi connectivity index (χ4n) is 6.02. The highest BCUT2D eigenvalue weighted by atomic mass is 16.2. The van der Waals surface area contributed by atoms with Crippen LogP contribution in [0.2, 0.25) is 0 Å². The highest BCUT2D eigenvalue weighted by molar-refractivity contribution is 6.30. The summed E-state index contributed by atoms with van der Waals surface area (Å²) in [5, 5.41) is 2.54. The van der Waals surface area contributed by atoms with Crippen molar-refractivity contribution in [3.05, 3.63) is 96.1 Å². The molecule has 3 aromatic rings. The predicted octanol–water partition coefficient (Wildman–Crippen LogP) is 4.26. The van der Waals surface area contributed by atoms with Gasteiger partial charge in [-0.15, -0.1) is 0 Å². The maximum Gasteiger partial charge on any atom is 0.335 e. The highest BCUT2D eigenvalue weighted by Crippen LogP contribution is 2.50. The number of fused-ring (bicyclic) bond motifs is 4. The summed E-state index contributed by atoms with van der Waals surface area (Å²) in [7, 11) is 0. The fourth-order valence-corrected chi connectivity index (χ4v) is 6.02. The first kappa shape index (κ1) is 20.7. The number of nitrogens with zero attached hydrogens (tertiary/aromatic N) is 2. The molecular formula is C28H25N3O3. The maximum absolute atomic E-state index is 14.2. The third kappa shape index (κ3) is 2.98. The first-order chi connectivity index (χ1) is 16.6. The summed E-state index contributed by atoms with van der Waals surface area (Å²) in [5.41, 5.74) is 2.34. The van der Waals surface area contributed by atoms with Gasteiger partial charge in [0, 0.05) is 12.2 Å². The molecule has 170 valence electrons. The number of urea groups is 1. The molecule has 1 spiro atoms. The van der Waals surface area contributed by atoms with Crippen LogP contribution in [0.4, 0.5) is 16.2 Å². The van der Waals surface area contributed by atoms with Gasteiger partial charge in [0.2, 0.25) is 5.91 Å². The van der Waals surface area contributed by atoms with Crippen LogP contribution in [0.15, 0.2) is 84.9 Å². The molecule has 6 nitrogen and oxygen atoms in total. The maximum atomic E-state index is 14.2. The number of benzene rings is 3. The van der Waals surface area contributed by atoms with Crippen LogP contribution >= 0.6 is 0 Å². The van der Waals surface area contributed by atoms with Gasteiger partial charge in [-0.25, -0.2) is 9.69 Å². The molecule has 0 bridgehead atoms. The number of barbiturate groups is 1. The Morgan fingerprint density at radius 1 is 0.824 bits per heavy atom. The van der Waals surface area contributed by atoms with Gasteiger partial charge < -0.3 is 4.90 Å². The second-order valence-corrected chi connectivity index (χ2v) is 9.35. The van der Waals surface area contributed by atoms with Crippen LogP contribution in [0.25, 0.3) is 0 Å². The van der Waals surface area contributed by atoms with Crippen molar-refractivity contribution in [3.63, 3.8) is 0 Å². The summed E-state index contributed by atoms with van der Waals surface area (Å²) in [6.45, 7) is 0.739. The van der Waals surface area contributed by atoms with E-state index in [9.17, 15) is 14.4 Å². The first-order valence-electron chi connectivity index (χ1n) is 11.7. The monoisotopic (exact) mass is 451 g/mol. The lowest BCUT2D eigenvalue weighted by atomic mass is 9.64. The van der Waals surface area contributed by atoms with Crippen molar-refractivity contribution in [1.82, 2.24) is 5.32 Å².